The topological polar surface area (TPSA) is 15.3 Å². The van der Waals surface area contributed by atoms with Crippen molar-refractivity contribution in [3.8, 4) is 0 Å². The van der Waals surface area contributed by atoms with Crippen molar-refractivity contribution in [3.63, 3.8) is 0 Å². The summed E-state index contributed by atoms with van der Waals surface area (Å²) in [5, 5.41) is 3.55. The highest BCUT2D eigenvalue weighted by molar-refractivity contribution is 5.17. The number of piperazine rings is 1. The first kappa shape index (κ1) is 13.5. The van der Waals surface area contributed by atoms with E-state index >= 15 is 0 Å². The first-order chi connectivity index (χ1) is 8.52. The van der Waals surface area contributed by atoms with Gasteiger partial charge in [-0.05, 0) is 26.3 Å². The van der Waals surface area contributed by atoms with Crippen LogP contribution in [-0.2, 0) is 6.54 Å². The molecule has 0 aliphatic carbocycles. The van der Waals surface area contributed by atoms with Crippen molar-refractivity contribution < 1.29 is 4.39 Å². The SMILES string of the molecule is CCC1CNC(C)(C)CN1Cc1ccccc1F. The van der Waals surface area contributed by atoms with E-state index < -0.39 is 0 Å². The highest BCUT2D eigenvalue weighted by Crippen LogP contribution is 2.20. The Balaban J connectivity index is 2.12. The van der Waals surface area contributed by atoms with Gasteiger partial charge in [-0.25, -0.2) is 4.39 Å². The fourth-order valence-electron chi connectivity index (χ4n) is 2.65. The standard InChI is InChI=1S/C15H23FN2/c1-4-13-9-17-15(2,3)11-18(13)10-12-7-5-6-8-14(12)16/h5-8,13,17H,4,9-11H2,1-3H3. The smallest absolute Gasteiger partial charge is 0.127 e. The lowest BCUT2D eigenvalue weighted by Gasteiger charge is -2.44. The molecular weight excluding hydrogens is 227 g/mol. The Hall–Kier alpha value is -0.930. The van der Waals surface area contributed by atoms with Gasteiger partial charge < -0.3 is 5.32 Å². The van der Waals surface area contributed by atoms with Crippen molar-refractivity contribution >= 4 is 0 Å². The minimum absolute atomic E-state index is 0.0938. The van der Waals surface area contributed by atoms with E-state index in [9.17, 15) is 4.39 Å². The van der Waals surface area contributed by atoms with E-state index in [1.807, 2.05) is 12.1 Å². The van der Waals surface area contributed by atoms with E-state index in [-0.39, 0.29) is 11.4 Å². The maximum absolute atomic E-state index is 13.7. The van der Waals surface area contributed by atoms with Gasteiger partial charge in [-0.3, -0.25) is 4.90 Å². The molecule has 18 heavy (non-hydrogen) atoms. The summed E-state index contributed by atoms with van der Waals surface area (Å²) in [6.07, 6.45) is 1.09. The molecule has 0 radical (unpaired) electrons. The van der Waals surface area contributed by atoms with Crippen LogP contribution in [0.5, 0.6) is 0 Å². The molecule has 0 bridgehead atoms. The quantitative estimate of drug-likeness (QED) is 0.887. The third-order valence-corrected chi connectivity index (χ3v) is 3.73. The second-order valence-corrected chi connectivity index (χ2v) is 5.82. The van der Waals surface area contributed by atoms with Gasteiger partial charge in [-0.2, -0.15) is 0 Å². The fraction of sp³-hybridized carbons (Fsp3) is 0.600. The molecule has 1 aliphatic heterocycles. The van der Waals surface area contributed by atoms with Gasteiger partial charge in [0, 0.05) is 36.8 Å². The summed E-state index contributed by atoms with van der Waals surface area (Å²) in [7, 11) is 0. The maximum atomic E-state index is 13.7. The lowest BCUT2D eigenvalue weighted by Crippen LogP contribution is -2.61. The Morgan fingerprint density at radius 2 is 2.11 bits per heavy atom. The molecule has 0 amide bonds. The van der Waals surface area contributed by atoms with Crippen molar-refractivity contribution in [2.24, 2.45) is 0 Å². The predicted molar refractivity (Wildman–Crippen MR) is 73.0 cm³/mol. The van der Waals surface area contributed by atoms with Gasteiger partial charge in [0.05, 0.1) is 0 Å². The number of hydrogen-bond donors (Lipinski definition) is 1. The molecule has 0 saturated carbocycles. The third kappa shape index (κ3) is 3.09. The summed E-state index contributed by atoms with van der Waals surface area (Å²) >= 11 is 0. The molecule has 0 spiro atoms. The average molecular weight is 250 g/mol. The summed E-state index contributed by atoms with van der Waals surface area (Å²) in [6.45, 7) is 9.24. The molecule has 1 unspecified atom stereocenters. The minimum atomic E-state index is -0.0938. The Bertz CT molecular complexity index is 403. The molecule has 1 fully saturated rings. The molecule has 100 valence electrons. The lowest BCUT2D eigenvalue weighted by molar-refractivity contribution is 0.0848. The van der Waals surface area contributed by atoms with Gasteiger partial charge in [0.2, 0.25) is 0 Å². The van der Waals surface area contributed by atoms with Crippen LogP contribution in [0.15, 0.2) is 24.3 Å². The minimum Gasteiger partial charge on any atom is -0.309 e. The molecular formula is C15H23FN2. The normalized spacial score (nSPS) is 24.1. The van der Waals surface area contributed by atoms with E-state index in [2.05, 4.69) is 31.0 Å². The van der Waals surface area contributed by atoms with Crippen LogP contribution < -0.4 is 5.32 Å². The van der Waals surface area contributed by atoms with Crippen LogP contribution in [0.1, 0.15) is 32.8 Å². The van der Waals surface area contributed by atoms with Crippen LogP contribution in [0, 0.1) is 5.82 Å². The molecule has 1 aliphatic rings. The Kier molecular flexibility index (Phi) is 4.03. The number of rotatable bonds is 3. The summed E-state index contributed by atoms with van der Waals surface area (Å²) in [4.78, 5) is 2.40. The van der Waals surface area contributed by atoms with Gasteiger partial charge in [0.25, 0.3) is 0 Å². The summed E-state index contributed by atoms with van der Waals surface area (Å²) in [5.74, 6) is -0.0938. The number of hydrogen-bond acceptors (Lipinski definition) is 2. The maximum Gasteiger partial charge on any atom is 0.127 e. The van der Waals surface area contributed by atoms with Crippen LogP contribution >= 0.6 is 0 Å². The first-order valence-electron chi connectivity index (χ1n) is 6.74. The van der Waals surface area contributed by atoms with E-state index in [1.54, 1.807) is 12.1 Å². The number of benzene rings is 1. The van der Waals surface area contributed by atoms with Crippen molar-refractivity contribution in [2.75, 3.05) is 13.1 Å². The number of nitrogens with zero attached hydrogens (tertiary/aromatic N) is 1. The van der Waals surface area contributed by atoms with E-state index in [0.29, 0.717) is 12.6 Å². The second kappa shape index (κ2) is 5.37. The molecule has 2 rings (SSSR count). The molecule has 1 saturated heterocycles. The molecule has 1 heterocycles. The van der Waals surface area contributed by atoms with Crippen molar-refractivity contribution in [1.29, 1.82) is 0 Å². The third-order valence-electron chi connectivity index (χ3n) is 3.73. The zero-order chi connectivity index (χ0) is 13.2. The van der Waals surface area contributed by atoms with Gasteiger partial charge in [0.1, 0.15) is 5.82 Å². The van der Waals surface area contributed by atoms with Gasteiger partial charge in [0.15, 0.2) is 0 Å². The fourth-order valence-corrected chi connectivity index (χ4v) is 2.65. The Morgan fingerprint density at radius 3 is 2.78 bits per heavy atom. The first-order valence-corrected chi connectivity index (χ1v) is 6.74. The summed E-state index contributed by atoms with van der Waals surface area (Å²) < 4.78 is 13.7. The summed E-state index contributed by atoms with van der Waals surface area (Å²) in [5.41, 5.74) is 0.908. The van der Waals surface area contributed by atoms with E-state index in [1.165, 1.54) is 0 Å². The largest absolute Gasteiger partial charge is 0.309 e. The summed E-state index contributed by atoms with van der Waals surface area (Å²) in [6, 6.07) is 7.59. The number of nitrogens with one attached hydrogen (secondary N) is 1. The average Bonchev–Trinajstić information content (AvgIpc) is 2.31. The molecule has 0 aromatic heterocycles. The van der Waals surface area contributed by atoms with Crippen LogP contribution in [0.4, 0.5) is 4.39 Å². The highest BCUT2D eigenvalue weighted by Gasteiger charge is 2.31. The zero-order valence-electron chi connectivity index (χ0n) is 11.5. The second-order valence-electron chi connectivity index (χ2n) is 5.82. The molecule has 1 aromatic carbocycles. The highest BCUT2D eigenvalue weighted by atomic mass is 19.1. The van der Waals surface area contributed by atoms with Crippen molar-refractivity contribution in [1.82, 2.24) is 10.2 Å². The Morgan fingerprint density at radius 1 is 1.39 bits per heavy atom. The van der Waals surface area contributed by atoms with E-state index in [0.717, 1.165) is 25.1 Å². The van der Waals surface area contributed by atoms with Gasteiger partial charge in [-0.1, -0.05) is 25.1 Å². The molecule has 1 atom stereocenters. The van der Waals surface area contributed by atoms with Crippen LogP contribution in [0.3, 0.4) is 0 Å². The van der Waals surface area contributed by atoms with E-state index in [4.69, 9.17) is 0 Å². The zero-order valence-corrected chi connectivity index (χ0v) is 11.5. The number of halogens is 1. The molecule has 1 N–H and O–H groups in total. The van der Waals surface area contributed by atoms with Crippen molar-refractivity contribution in [2.45, 2.75) is 45.3 Å². The van der Waals surface area contributed by atoms with Gasteiger partial charge in [-0.15, -0.1) is 0 Å². The molecule has 1 aromatic rings. The monoisotopic (exact) mass is 250 g/mol. The van der Waals surface area contributed by atoms with Crippen LogP contribution in [-0.4, -0.2) is 29.6 Å². The van der Waals surface area contributed by atoms with Crippen LogP contribution in [0.25, 0.3) is 0 Å². The molecule has 3 heteroatoms. The predicted octanol–water partition coefficient (Wildman–Crippen LogP) is 2.79. The van der Waals surface area contributed by atoms with Crippen LogP contribution in [0.2, 0.25) is 0 Å². The Labute approximate surface area is 109 Å². The van der Waals surface area contributed by atoms with Gasteiger partial charge >= 0.3 is 0 Å². The lowest BCUT2D eigenvalue weighted by atomic mass is 9.97. The van der Waals surface area contributed by atoms with Crippen molar-refractivity contribution in [3.05, 3.63) is 35.6 Å². The molecule has 2 nitrogen and oxygen atoms in total.